The highest BCUT2D eigenvalue weighted by molar-refractivity contribution is 7.47. The minimum atomic E-state index is -4.96. The van der Waals surface area contributed by atoms with Crippen LogP contribution in [0.3, 0.4) is 0 Å². The Morgan fingerprint density at radius 3 is 0.817 bits per heavy atom. The van der Waals surface area contributed by atoms with Crippen molar-refractivity contribution in [3.8, 4) is 0 Å². The third kappa shape index (κ3) is 67.0. The molecule has 0 aromatic carbocycles. The van der Waals surface area contributed by atoms with E-state index in [1.54, 1.807) is 0 Å². The summed E-state index contributed by atoms with van der Waals surface area (Å²) in [6.45, 7) is 11.8. The lowest BCUT2D eigenvalue weighted by Gasteiger charge is -2.21. The molecule has 0 aliphatic rings. The van der Waals surface area contributed by atoms with Gasteiger partial charge in [0.05, 0.1) is 26.4 Å². The molecule has 3 N–H and O–H groups in total. The van der Waals surface area contributed by atoms with Crippen molar-refractivity contribution in [1.29, 1.82) is 0 Å². The van der Waals surface area contributed by atoms with Crippen molar-refractivity contribution in [2.75, 3.05) is 39.6 Å². The number of ether oxygens (including phenoxy) is 4. The number of esters is 4. The van der Waals surface area contributed by atoms with Crippen LogP contribution in [0.1, 0.15) is 376 Å². The molecule has 0 amide bonds. The zero-order valence-electron chi connectivity index (χ0n) is 60.7. The second-order valence-electron chi connectivity index (χ2n) is 27.9. The molecule has 0 saturated carbocycles. The molecule has 0 bridgehead atoms. The van der Waals surface area contributed by atoms with E-state index >= 15 is 0 Å². The molecule has 0 rings (SSSR count). The molecule has 552 valence electrons. The van der Waals surface area contributed by atoms with Gasteiger partial charge in [0.15, 0.2) is 12.2 Å². The molecule has 0 fully saturated rings. The summed E-state index contributed by atoms with van der Waals surface area (Å²) >= 11 is 0. The number of hydrogen-bond donors (Lipinski definition) is 3. The highest BCUT2D eigenvalue weighted by atomic mass is 31.2. The first-order valence-electron chi connectivity index (χ1n) is 38.4. The Labute approximate surface area is 568 Å². The fourth-order valence-corrected chi connectivity index (χ4v) is 12.8. The lowest BCUT2D eigenvalue weighted by atomic mass is 9.99. The fourth-order valence-electron chi connectivity index (χ4n) is 11.2. The molecule has 0 aliphatic carbocycles. The number of phosphoric ester groups is 2. The third-order valence-electron chi connectivity index (χ3n) is 17.5. The molecular weight excluding hydrogens is 1220 g/mol. The number of carbonyl (C=O) groups excluding carboxylic acids is 4. The van der Waals surface area contributed by atoms with Crippen molar-refractivity contribution < 1.29 is 80.2 Å². The maximum Gasteiger partial charge on any atom is 0.472 e. The minimum Gasteiger partial charge on any atom is -0.462 e. The van der Waals surface area contributed by atoms with Gasteiger partial charge in [0.1, 0.15) is 19.3 Å². The van der Waals surface area contributed by atoms with Gasteiger partial charge in [-0.05, 0) is 43.4 Å². The summed E-state index contributed by atoms with van der Waals surface area (Å²) in [5, 5.41) is 10.6. The van der Waals surface area contributed by atoms with Crippen LogP contribution in [0.15, 0.2) is 0 Å². The average molecular weight is 1370 g/mol. The Balaban J connectivity index is 5.19. The molecule has 0 heterocycles. The largest absolute Gasteiger partial charge is 0.472 e. The van der Waals surface area contributed by atoms with Crippen LogP contribution < -0.4 is 0 Å². The zero-order valence-corrected chi connectivity index (χ0v) is 62.5. The molecule has 93 heavy (non-hydrogen) atoms. The summed E-state index contributed by atoms with van der Waals surface area (Å²) in [5.74, 6) is 0.195. The molecule has 3 unspecified atom stereocenters. The average Bonchev–Trinajstić information content (AvgIpc) is 2.37. The van der Waals surface area contributed by atoms with Gasteiger partial charge in [-0.15, -0.1) is 0 Å². The molecule has 0 spiro atoms. The number of phosphoric acid groups is 2. The number of aliphatic hydroxyl groups is 1. The van der Waals surface area contributed by atoms with Gasteiger partial charge in [-0.3, -0.25) is 37.3 Å². The van der Waals surface area contributed by atoms with Crippen LogP contribution in [0.4, 0.5) is 0 Å². The Bertz CT molecular complexity index is 1820. The van der Waals surface area contributed by atoms with Crippen molar-refractivity contribution in [2.45, 2.75) is 394 Å². The molecule has 0 radical (unpaired) electrons. The standard InChI is InChI=1S/C74H144O17P2/c1-8-10-11-12-13-33-41-48-55-71(76)84-62-70(91-74(79)58-51-44-37-36-39-46-53-66(5)6)64-89-93(82,83)87-60-68(75)59-86-92(80,81)88-63-69(90-73(78)57-50-43-35-30-26-22-16-14-15-19-23-27-31-38-45-52-65(3)4)61-85-72(77)56-49-42-34-29-25-21-18-17-20-24-28-32-40-47-54-67(7)9-2/h65-70,75H,8-64H2,1-7H3,(H,80,81)(H,82,83)/t67?,68-,69-,70-/m1/s1. The number of rotatable bonds is 72. The summed E-state index contributed by atoms with van der Waals surface area (Å²) in [6, 6.07) is 0. The number of unbranched alkanes of at least 4 members (excludes halogenated alkanes) is 39. The van der Waals surface area contributed by atoms with Crippen molar-refractivity contribution >= 4 is 39.5 Å². The number of carbonyl (C=O) groups is 4. The summed E-state index contributed by atoms with van der Waals surface area (Å²) in [5.41, 5.74) is 0. The van der Waals surface area contributed by atoms with Gasteiger partial charge >= 0.3 is 39.5 Å². The molecule has 0 aromatic rings. The fraction of sp³-hybridized carbons (Fsp3) is 0.946. The van der Waals surface area contributed by atoms with E-state index in [2.05, 4.69) is 48.5 Å². The van der Waals surface area contributed by atoms with Crippen LogP contribution in [-0.4, -0.2) is 96.7 Å². The first-order chi connectivity index (χ1) is 44.8. The third-order valence-corrected chi connectivity index (χ3v) is 19.4. The van der Waals surface area contributed by atoms with E-state index in [1.807, 2.05) is 0 Å². The summed E-state index contributed by atoms with van der Waals surface area (Å²) in [4.78, 5) is 72.6. The van der Waals surface area contributed by atoms with Gasteiger partial charge in [0.25, 0.3) is 0 Å². The van der Waals surface area contributed by atoms with E-state index in [-0.39, 0.29) is 25.7 Å². The van der Waals surface area contributed by atoms with Crippen molar-refractivity contribution in [3.63, 3.8) is 0 Å². The highest BCUT2D eigenvalue weighted by Gasteiger charge is 2.30. The van der Waals surface area contributed by atoms with Gasteiger partial charge in [-0.1, -0.05) is 325 Å². The van der Waals surface area contributed by atoms with E-state index in [0.717, 1.165) is 108 Å². The van der Waals surface area contributed by atoms with Crippen LogP contribution in [-0.2, 0) is 65.4 Å². The number of aliphatic hydroxyl groups excluding tert-OH is 1. The molecule has 17 nitrogen and oxygen atoms in total. The van der Waals surface area contributed by atoms with Gasteiger partial charge < -0.3 is 33.8 Å². The van der Waals surface area contributed by atoms with E-state index in [0.29, 0.717) is 31.6 Å². The maximum absolute atomic E-state index is 13.1. The smallest absolute Gasteiger partial charge is 0.462 e. The van der Waals surface area contributed by atoms with Gasteiger partial charge in [-0.25, -0.2) is 9.13 Å². The second kappa shape index (κ2) is 64.7. The first kappa shape index (κ1) is 91.1. The lowest BCUT2D eigenvalue weighted by Crippen LogP contribution is -2.30. The summed E-state index contributed by atoms with van der Waals surface area (Å²) in [6.07, 6.45) is 50.2. The van der Waals surface area contributed by atoms with E-state index < -0.39 is 97.5 Å². The molecule has 0 saturated heterocycles. The molecule has 0 aliphatic heterocycles. The molecule has 6 atom stereocenters. The molecule has 0 aromatic heterocycles. The zero-order chi connectivity index (χ0) is 68.7. The highest BCUT2D eigenvalue weighted by Crippen LogP contribution is 2.45. The minimum absolute atomic E-state index is 0.102. The van der Waals surface area contributed by atoms with Gasteiger partial charge in [-0.2, -0.15) is 0 Å². The summed E-state index contributed by atoms with van der Waals surface area (Å²) < 4.78 is 68.3. The van der Waals surface area contributed by atoms with Crippen molar-refractivity contribution in [1.82, 2.24) is 0 Å². The molecule has 19 heteroatoms. The summed E-state index contributed by atoms with van der Waals surface area (Å²) in [7, 11) is -9.90. The van der Waals surface area contributed by atoms with Crippen LogP contribution in [0.2, 0.25) is 0 Å². The lowest BCUT2D eigenvalue weighted by molar-refractivity contribution is -0.161. The SMILES string of the molecule is CCCCCCCCCCC(=O)OC[C@H](COP(=O)(O)OC[C@H](O)COP(=O)(O)OC[C@@H](COC(=O)CCCCCCCCCCCCCCCCC(C)CC)OC(=O)CCCCCCCCCCCCCCCCCC(C)C)OC(=O)CCCCCCCCC(C)C. The second-order valence-corrected chi connectivity index (χ2v) is 30.8. The Kier molecular flexibility index (Phi) is 63.4. The topological polar surface area (TPSA) is 237 Å². The van der Waals surface area contributed by atoms with Gasteiger partial charge in [0, 0.05) is 25.7 Å². The first-order valence-corrected chi connectivity index (χ1v) is 41.4. The predicted octanol–water partition coefficient (Wildman–Crippen LogP) is 21.4. The van der Waals surface area contributed by atoms with Crippen molar-refractivity contribution in [3.05, 3.63) is 0 Å². The quantitative estimate of drug-likeness (QED) is 0.0222. The van der Waals surface area contributed by atoms with E-state index in [9.17, 15) is 43.2 Å². The van der Waals surface area contributed by atoms with E-state index in [4.69, 9.17) is 37.0 Å². The van der Waals surface area contributed by atoms with Crippen LogP contribution in [0.25, 0.3) is 0 Å². The number of hydrogen-bond acceptors (Lipinski definition) is 15. The van der Waals surface area contributed by atoms with Crippen LogP contribution in [0.5, 0.6) is 0 Å². The normalized spacial score (nSPS) is 14.4. The maximum atomic E-state index is 13.1. The van der Waals surface area contributed by atoms with Crippen molar-refractivity contribution in [2.24, 2.45) is 17.8 Å². The molecular formula is C74H144O17P2. The van der Waals surface area contributed by atoms with Gasteiger partial charge in [0.2, 0.25) is 0 Å². The predicted molar refractivity (Wildman–Crippen MR) is 377 cm³/mol. The Morgan fingerprint density at radius 1 is 0.312 bits per heavy atom. The van der Waals surface area contributed by atoms with Crippen LogP contribution in [0, 0.1) is 17.8 Å². The Hall–Kier alpha value is -1.94. The van der Waals surface area contributed by atoms with Crippen LogP contribution >= 0.6 is 15.6 Å². The monoisotopic (exact) mass is 1370 g/mol. The Morgan fingerprint density at radius 2 is 0.548 bits per heavy atom. The van der Waals surface area contributed by atoms with E-state index in [1.165, 1.54) is 180 Å².